The molecule has 2 atom stereocenters. The van der Waals surface area contributed by atoms with Crippen molar-refractivity contribution in [2.24, 2.45) is 5.92 Å². The highest BCUT2D eigenvalue weighted by Crippen LogP contribution is 2.40. The maximum Gasteiger partial charge on any atom is 0.410 e. The Morgan fingerprint density at radius 1 is 1.26 bits per heavy atom. The van der Waals surface area contributed by atoms with Crippen molar-refractivity contribution in [1.29, 1.82) is 0 Å². The second-order valence-corrected chi connectivity index (χ2v) is 12.1. The van der Waals surface area contributed by atoms with Gasteiger partial charge < -0.3 is 14.2 Å². The molecule has 1 heterocycles. The van der Waals surface area contributed by atoms with E-state index in [1.54, 1.807) is 48.5 Å². The Bertz CT molecular complexity index is 787. The maximum absolute atomic E-state index is 15.0. The number of halogens is 3. The summed E-state index contributed by atoms with van der Waals surface area (Å²) in [5.41, 5.74) is -1.30. The Labute approximate surface area is 186 Å². The largest absolute Gasteiger partial charge is 0.598 e. The van der Waals surface area contributed by atoms with Crippen LogP contribution in [0, 0.1) is 11.7 Å². The maximum atomic E-state index is 15.0. The van der Waals surface area contributed by atoms with E-state index in [1.807, 2.05) is 0 Å². The van der Waals surface area contributed by atoms with Gasteiger partial charge in [0.25, 0.3) is 5.92 Å². The average molecular weight is 463 g/mol. The summed E-state index contributed by atoms with van der Waals surface area (Å²) < 4.78 is 64.6. The molecule has 0 saturated carbocycles. The molecule has 1 aliphatic rings. The fourth-order valence-electron chi connectivity index (χ4n) is 3.21. The molecule has 31 heavy (non-hydrogen) atoms. The van der Waals surface area contributed by atoms with E-state index in [-0.39, 0.29) is 18.7 Å². The number of likely N-dealkylation sites (tertiary alicyclic amines) is 1. The molecule has 0 aromatic heterocycles. The summed E-state index contributed by atoms with van der Waals surface area (Å²) in [6, 6.07) is 3.17. The van der Waals surface area contributed by atoms with Crippen LogP contribution in [0.25, 0.3) is 0 Å². The molecule has 0 bridgehead atoms. The standard InChI is InChI=1S/C22H33F3N2O3S/c1-14(26-31(29)21(5,6)7)16-9-8-10-17(18(16)23)22(24,25)11-15-12-27(13-15)19(28)30-20(2,3)4/h8-10,14-15,26H,11-13H2,1-7H3/t14-,31+/m1/s1. The van der Waals surface area contributed by atoms with Crippen LogP contribution in [0.5, 0.6) is 0 Å². The van der Waals surface area contributed by atoms with Gasteiger partial charge in [-0.15, -0.1) is 4.72 Å². The number of nitrogens with zero attached hydrogens (tertiary/aromatic N) is 1. The first-order valence-corrected chi connectivity index (χ1v) is 11.5. The van der Waals surface area contributed by atoms with Gasteiger partial charge in [-0.05, 0) is 48.5 Å². The van der Waals surface area contributed by atoms with Crippen molar-refractivity contribution >= 4 is 17.5 Å². The first-order chi connectivity index (χ1) is 14.0. The van der Waals surface area contributed by atoms with Crippen LogP contribution in [-0.4, -0.2) is 39.0 Å². The van der Waals surface area contributed by atoms with E-state index in [9.17, 15) is 18.1 Å². The van der Waals surface area contributed by atoms with Crippen molar-refractivity contribution in [3.63, 3.8) is 0 Å². The number of hydrogen-bond acceptors (Lipinski definition) is 4. The molecule has 1 aromatic rings. The van der Waals surface area contributed by atoms with E-state index >= 15 is 4.39 Å². The van der Waals surface area contributed by atoms with Gasteiger partial charge in [-0.2, -0.15) is 0 Å². The zero-order valence-corrected chi connectivity index (χ0v) is 20.0. The Morgan fingerprint density at radius 3 is 2.35 bits per heavy atom. The van der Waals surface area contributed by atoms with Gasteiger partial charge in [-0.1, -0.05) is 18.2 Å². The van der Waals surface area contributed by atoms with E-state index in [0.717, 1.165) is 6.07 Å². The summed E-state index contributed by atoms with van der Waals surface area (Å²) in [7, 11) is 0. The lowest BCUT2D eigenvalue weighted by molar-refractivity contribution is -0.0632. The molecule has 0 aliphatic carbocycles. The van der Waals surface area contributed by atoms with Crippen LogP contribution in [0.4, 0.5) is 18.0 Å². The summed E-state index contributed by atoms with van der Waals surface area (Å²) in [6.45, 7) is 12.4. The zero-order chi connectivity index (χ0) is 23.8. The molecule has 176 valence electrons. The van der Waals surface area contributed by atoms with Crippen molar-refractivity contribution < 1.29 is 27.3 Å². The van der Waals surface area contributed by atoms with Gasteiger partial charge in [0.2, 0.25) is 0 Å². The summed E-state index contributed by atoms with van der Waals surface area (Å²) in [4.78, 5) is 13.3. The molecular formula is C22H33F3N2O3S. The van der Waals surface area contributed by atoms with E-state index in [1.165, 1.54) is 17.0 Å². The van der Waals surface area contributed by atoms with E-state index in [2.05, 4.69) is 4.72 Å². The smallest absolute Gasteiger partial charge is 0.410 e. The molecule has 1 saturated heterocycles. The average Bonchev–Trinajstić information content (AvgIpc) is 2.55. The van der Waals surface area contributed by atoms with Gasteiger partial charge in [0.1, 0.15) is 16.2 Å². The second-order valence-electron chi connectivity index (χ2n) is 10.1. The summed E-state index contributed by atoms with van der Waals surface area (Å²) in [6.07, 6.45) is -1.10. The lowest BCUT2D eigenvalue weighted by Crippen LogP contribution is -2.52. The molecule has 1 aliphatic heterocycles. The number of hydrogen-bond donors (Lipinski definition) is 1. The molecule has 0 radical (unpaired) electrons. The Balaban J connectivity index is 2.06. The third-order valence-corrected chi connectivity index (χ3v) is 6.56. The van der Waals surface area contributed by atoms with Gasteiger partial charge in [-0.25, -0.2) is 18.0 Å². The molecule has 1 amide bonds. The number of alkyl halides is 2. The quantitative estimate of drug-likeness (QED) is 0.584. The van der Waals surface area contributed by atoms with Crippen LogP contribution in [0.15, 0.2) is 18.2 Å². The predicted octanol–water partition coefficient (Wildman–Crippen LogP) is 5.29. The number of amides is 1. The van der Waals surface area contributed by atoms with Crippen molar-refractivity contribution in [2.75, 3.05) is 13.1 Å². The molecule has 1 aromatic carbocycles. The monoisotopic (exact) mass is 462 g/mol. The summed E-state index contributed by atoms with van der Waals surface area (Å²) in [5.74, 6) is -4.84. The minimum atomic E-state index is -3.40. The third-order valence-electron chi connectivity index (χ3n) is 4.88. The summed E-state index contributed by atoms with van der Waals surface area (Å²) in [5, 5.41) is 0. The minimum Gasteiger partial charge on any atom is -0.598 e. The molecule has 9 heteroatoms. The van der Waals surface area contributed by atoms with Gasteiger partial charge >= 0.3 is 6.09 Å². The van der Waals surface area contributed by atoms with E-state index < -0.39 is 63.5 Å². The normalized spacial score (nSPS) is 17.8. The van der Waals surface area contributed by atoms with Crippen LogP contribution >= 0.6 is 0 Å². The third kappa shape index (κ3) is 6.76. The highest BCUT2D eigenvalue weighted by atomic mass is 32.2. The van der Waals surface area contributed by atoms with Crippen molar-refractivity contribution in [3.8, 4) is 0 Å². The molecule has 0 unspecified atom stereocenters. The van der Waals surface area contributed by atoms with Crippen LogP contribution in [-0.2, 0) is 22.0 Å². The number of nitrogens with one attached hydrogen (secondary N) is 1. The van der Waals surface area contributed by atoms with Gasteiger partial charge in [0.05, 0.1) is 11.6 Å². The highest BCUT2D eigenvalue weighted by Gasteiger charge is 2.43. The lowest BCUT2D eigenvalue weighted by atomic mass is 9.89. The van der Waals surface area contributed by atoms with Crippen LogP contribution < -0.4 is 4.72 Å². The van der Waals surface area contributed by atoms with E-state index in [4.69, 9.17) is 4.74 Å². The van der Waals surface area contributed by atoms with Crippen molar-refractivity contribution in [1.82, 2.24) is 9.62 Å². The van der Waals surface area contributed by atoms with Crippen LogP contribution in [0.2, 0.25) is 0 Å². The number of rotatable bonds is 6. The zero-order valence-electron chi connectivity index (χ0n) is 19.2. The minimum absolute atomic E-state index is 0.0405. The predicted molar refractivity (Wildman–Crippen MR) is 116 cm³/mol. The lowest BCUT2D eigenvalue weighted by Gasteiger charge is -2.41. The highest BCUT2D eigenvalue weighted by molar-refractivity contribution is 7.90. The number of benzene rings is 1. The molecule has 5 nitrogen and oxygen atoms in total. The first kappa shape index (κ1) is 25.8. The fourth-order valence-corrected chi connectivity index (χ4v) is 4.02. The Kier molecular flexibility index (Phi) is 7.65. The topological polar surface area (TPSA) is 64.6 Å². The molecular weight excluding hydrogens is 429 g/mol. The molecule has 1 N–H and O–H groups in total. The Hall–Kier alpha value is -1.45. The van der Waals surface area contributed by atoms with Crippen molar-refractivity contribution in [3.05, 3.63) is 35.1 Å². The Morgan fingerprint density at radius 2 is 1.84 bits per heavy atom. The van der Waals surface area contributed by atoms with Crippen LogP contribution in [0.3, 0.4) is 0 Å². The van der Waals surface area contributed by atoms with Gasteiger partial charge in [0.15, 0.2) is 0 Å². The molecule has 1 fully saturated rings. The van der Waals surface area contributed by atoms with Crippen molar-refractivity contribution in [2.45, 2.75) is 77.2 Å². The summed E-state index contributed by atoms with van der Waals surface area (Å²) >= 11 is -1.47. The number of carbonyl (C=O) groups excluding carboxylic acids is 1. The SMILES string of the molecule is C[C@@H](N[S@@+]([O-])C(C)(C)C)c1cccc(C(F)(F)CC2CN(C(=O)OC(C)(C)C)C2)c1F. The van der Waals surface area contributed by atoms with Crippen LogP contribution in [0.1, 0.15) is 72.1 Å². The second kappa shape index (κ2) is 9.19. The number of ether oxygens (including phenoxy) is 1. The fraction of sp³-hybridized carbons (Fsp3) is 0.682. The van der Waals surface area contributed by atoms with Gasteiger partial charge in [0, 0.05) is 42.4 Å². The first-order valence-electron chi connectivity index (χ1n) is 10.3. The molecule has 2 rings (SSSR count). The van der Waals surface area contributed by atoms with E-state index in [0.29, 0.717) is 0 Å². The van der Waals surface area contributed by atoms with Gasteiger partial charge in [-0.3, -0.25) is 0 Å². The number of carbonyl (C=O) groups is 1. The molecule has 0 spiro atoms.